The molecule has 0 fully saturated rings. The van der Waals surface area contributed by atoms with Gasteiger partial charge >= 0.3 is 5.97 Å². The molecule has 0 rings (SSSR count). The van der Waals surface area contributed by atoms with Crippen molar-refractivity contribution in [2.75, 3.05) is 33.3 Å². The first-order valence-electron chi connectivity index (χ1n) is 6.22. The fraction of sp³-hybridized carbons (Fsp3) is 0.917. The predicted octanol–water partition coefficient (Wildman–Crippen LogP) is 0.230. The van der Waals surface area contributed by atoms with Crippen LogP contribution in [0.15, 0.2) is 0 Å². The second kappa shape index (κ2) is 9.39. The quantitative estimate of drug-likeness (QED) is 0.450. The lowest BCUT2D eigenvalue weighted by atomic mass is 10.2. The van der Waals surface area contributed by atoms with E-state index in [1.54, 1.807) is 6.92 Å². The van der Waals surface area contributed by atoms with Crippen LogP contribution in [0.2, 0.25) is 0 Å². The van der Waals surface area contributed by atoms with Gasteiger partial charge in [0, 0.05) is 25.7 Å². The summed E-state index contributed by atoms with van der Waals surface area (Å²) < 4.78 is 4.75. The van der Waals surface area contributed by atoms with E-state index in [2.05, 4.69) is 31.1 Å². The molecular weight excluding hydrogens is 220 g/mol. The van der Waals surface area contributed by atoms with Crippen LogP contribution in [0.3, 0.4) is 0 Å². The van der Waals surface area contributed by atoms with Gasteiger partial charge < -0.3 is 20.1 Å². The van der Waals surface area contributed by atoms with Gasteiger partial charge in [-0.3, -0.25) is 4.79 Å². The van der Waals surface area contributed by atoms with Gasteiger partial charge in [-0.05, 0) is 27.8 Å². The lowest BCUT2D eigenvalue weighted by Gasteiger charge is -2.21. The van der Waals surface area contributed by atoms with Crippen LogP contribution in [0.4, 0.5) is 0 Å². The largest absolute Gasteiger partial charge is 0.466 e. The van der Waals surface area contributed by atoms with Crippen molar-refractivity contribution in [3.05, 3.63) is 0 Å². The van der Waals surface area contributed by atoms with Crippen molar-refractivity contribution in [3.63, 3.8) is 0 Å². The van der Waals surface area contributed by atoms with E-state index in [1.165, 1.54) is 0 Å². The molecule has 5 nitrogen and oxygen atoms in total. The van der Waals surface area contributed by atoms with Crippen LogP contribution in [-0.4, -0.2) is 61.4 Å². The highest BCUT2D eigenvalue weighted by Crippen LogP contribution is 1.94. The Bertz CT molecular complexity index is 210. The molecular formula is C12H26N2O3. The van der Waals surface area contributed by atoms with Crippen molar-refractivity contribution in [1.29, 1.82) is 0 Å². The smallest absolute Gasteiger partial charge is 0.308 e. The molecule has 102 valence electrons. The molecule has 5 heteroatoms. The van der Waals surface area contributed by atoms with Crippen LogP contribution >= 0.6 is 0 Å². The Balaban J connectivity index is 3.51. The zero-order chi connectivity index (χ0) is 13.3. The molecule has 0 radical (unpaired) electrons. The third kappa shape index (κ3) is 9.09. The van der Waals surface area contributed by atoms with E-state index in [0.717, 1.165) is 13.1 Å². The molecule has 1 unspecified atom stereocenters. The molecule has 1 atom stereocenters. The lowest BCUT2D eigenvalue weighted by molar-refractivity contribution is -0.145. The first kappa shape index (κ1) is 16.4. The number of nitrogens with one attached hydrogen (secondary N) is 1. The van der Waals surface area contributed by atoms with Gasteiger partial charge in [-0.1, -0.05) is 0 Å². The summed E-state index contributed by atoms with van der Waals surface area (Å²) in [7, 11) is 2.06. The monoisotopic (exact) mass is 246 g/mol. The maximum Gasteiger partial charge on any atom is 0.308 e. The third-order valence-corrected chi connectivity index (χ3v) is 2.61. The van der Waals surface area contributed by atoms with Crippen molar-refractivity contribution in [2.24, 2.45) is 0 Å². The van der Waals surface area contributed by atoms with E-state index in [1.807, 2.05) is 0 Å². The van der Waals surface area contributed by atoms with Gasteiger partial charge in [0.2, 0.25) is 0 Å². The fourth-order valence-electron chi connectivity index (χ4n) is 1.27. The van der Waals surface area contributed by atoms with E-state index >= 15 is 0 Å². The van der Waals surface area contributed by atoms with Crippen LogP contribution < -0.4 is 5.32 Å². The molecule has 17 heavy (non-hydrogen) atoms. The number of aliphatic hydroxyl groups excluding tert-OH is 1. The van der Waals surface area contributed by atoms with Crippen molar-refractivity contribution in [2.45, 2.75) is 39.3 Å². The average molecular weight is 246 g/mol. The number of hydrogen-bond acceptors (Lipinski definition) is 5. The minimum atomic E-state index is -0.668. The molecule has 0 aliphatic carbocycles. The molecule has 0 heterocycles. The van der Waals surface area contributed by atoms with E-state index < -0.39 is 6.10 Å². The Labute approximate surface area is 104 Å². The summed E-state index contributed by atoms with van der Waals surface area (Å²) >= 11 is 0. The number of ether oxygens (including phenoxy) is 1. The second-order valence-corrected chi connectivity index (χ2v) is 4.44. The standard InChI is InChI=1S/C12H26N2O3/c1-5-17-12(16)8-11(15)9-13-6-7-14(4)10(2)3/h10-11,13,15H,5-9H2,1-4H3. The van der Waals surface area contributed by atoms with Gasteiger partial charge in [0.25, 0.3) is 0 Å². The Morgan fingerprint density at radius 3 is 2.65 bits per heavy atom. The van der Waals surface area contributed by atoms with Crippen LogP contribution in [0.1, 0.15) is 27.2 Å². The number of rotatable bonds is 9. The van der Waals surface area contributed by atoms with Gasteiger partial charge in [0.15, 0.2) is 0 Å². The van der Waals surface area contributed by atoms with Crippen LogP contribution in [0.5, 0.6) is 0 Å². The topological polar surface area (TPSA) is 61.8 Å². The van der Waals surface area contributed by atoms with Crippen molar-refractivity contribution >= 4 is 5.97 Å². The molecule has 0 aliphatic heterocycles. The average Bonchev–Trinajstić information content (AvgIpc) is 2.24. The van der Waals surface area contributed by atoms with Crippen molar-refractivity contribution in [3.8, 4) is 0 Å². The third-order valence-electron chi connectivity index (χ3n) is 2.61. The zero-order valence-electron chi connectivity index (χ0n) is 11.4. The molecule has 0 aromatic rings. The molecule has 0 aromatic carbocycles. The van der Waals surface area contributed by atoms with Gasteiger partial charge in [0.1, 0.15) is 0 Å². The summed E-state index contributed by atoms with van der Waals surface area (Å²) in [5.41, 5.74) is 0. The highest BCUT2D eigenvalue weighted by molar-refractivity contribution is 5.69. The Morgan fingerprint density at radius 2 is 2.12 bits per heavy atom. The molecule has 0 saturated heterocycles. The van der Waals surface area contributed by atoms with Gasteiger partial charge in [-0.25, -0.2) is 0 Å². The summed E-state index contributed by atoms with van der Waals surface area (Å²) in [6, 6.07) is 0.515. The number of carbonyl (C=O) groups is 1. The van der Waals surface area contributed by atoms with Gasteiger partial charge in [-0.15, -0.1) is 0 Å². The minimum absolute atomic E-state index is 0.0564. The second-order valence-electron chi connectivity index (χ2n) is 4.44. The maximum absolute atomic E-state index is 11.1. The molecule has 0 saturated carbocycles. The number of nitrogens with zero attached hydrogens (tertiary/aromatic N) is 1. The summed E-state index contributed by atoms with van der Waals surface area (Å²) in [4.78, 5) is 13.3. The summed E-state index contributed by atoms with van der Waals surface area (Å²) in [6.45, 7) is 8.52. The fourth-order valence-corrected chi connectivity index (χ4v) is 1.27. The van der Waals surface area contributed by atoms with E-state index in [-0.39, 0.29) is 12.4 Å². The highest BCUT2D eigenvalue weighted by atomic mass is 16.5. The molecule has 0 aliphatic rings. The van der Waals surface area contributed by atoms with Gasteiger partial charge in [0.05, 0.1) is 19.1 Å². The predicted molar refractivity (Wildman–Crippen MR) is 67.9 cm³/mol. The summed E-state index contributed by atoms with van der Waals surface area (Å²) in [5, 5.41) is 12.7. The number of carbonyl (C=O) groups excluding carboxylic acids is 1. The Hall–Kier alpha value is -0.650. The van der Waals surface area contributed by atoms with Crippen LogP contribution in [0.25, 0.3) is 0 Å². The molecule has 0 aromatic heterocycles. The normalized spacial score (nSPS) is 13.1. The van der Waals surface area contributed by atoms with Crippen LogP contribution in [0, 0.1) is 0 Å². The molecule has 2 N–H and O–H groups in total. The molecule has 0 spiro atoms. The van der Waals surface area contributed by atoms with Crippen molar-refractivity contribution < 1.29 is 14.6 Å². The van der Waals surface area contributed by atoms with E-state index in [4.69, 9.17) is 4.74 Å². The Kier molecular flexibility index (Phi) is 9.03. The first-order valence-corrected chi connectivity index (χ1v) is 6.22. The summed E-state index contributed by atoms with van der Waals surface area (Å²) in [6.07, 6.45) is -0.612. The number of hydrogen-bond donors (Lipinski definition) is 2. The van der Waals surface area contributed by atoms with E-state index in [9.17, 15) is 9.90 Å². The molecule has 0 bridgehead atoms. The number of likely N-dealkylation sites (N-methyl/N-ethyl adjacent to an activating group) is 1. The van der Waals surface area contributed by atoms with Gasteiger partial charge in [-0.2, -0.15) is 0 Å². The number of aliphatic hydroxyl groups is 1. The summed E-state index contributed by atoms with van der Waals surface area (Å²) in [5.74, 6) is -0.346. The maximum atomic E-state index is 11.1. The first-order chi connectivity index (χ1) is 7.97. The van der Waals surface area contributed by atoms with E-state index in [0.29, 0.717) is 19.2 Å². The lowest BCUT2D eigenvalue weighted by Crippen LogP contribution is -2.37. The SMILES string of the molecule is CCOC(=O)CC(O)CNCCN(C)C(C)C. The molecule has 0 amide bonds. The van der Waals surface area contributed by atoms with Crippen LogP contribution in [-0.2, 0) is 9.53 Å². The number of esters is 1. The van der Waals surface area contributed by atoms with Crippen molar-refractivity contribution in [1.82, 2.24) is 10.2 Å². The Morgan fingerprint density at radius 1 is 1.47 bits per heavy atom. The minimum Gasteiger partial charge on any atom is -0.466 e. The highest BCUT2D eigenvalue weighted by Gasteiger charge is 2.11. The zero-order valence-corrected chi connectivity index (χ0v) is 11.4.